The Morgan fingerprint density at radius 1 is 1.50 bits per heavy atom. The Morgan fingerprint density at radius 3 is 2.75 bits per heavy atom. The zero-order chi connectivity index (χ0) is 14.9. The molecule has 2 heterocycles. The molecule has 0 radical (unpaired) electrons. The fourth-order valence-corrected chi connectivity index (χ4v) is 3.25. The minimum atomic E-state index is -0.821. The average molecular weight is 343 g/mol. The van der Waals surface area contributed by atoms with E-state index in [4.69, 9.17) is 5.11 Å². The Balaban J connectivity index is 2.22. The molecule has 5 nitrogen and oxygen atoms in total. The second-order valence-electron chi connectivity index (χ2n) is 5.21. The van der Waals surface area contributed by atoms with Crippen LogP contribution < -0.4 is 0 Å². The smallest absolute Gasteiger partial charge is 0.308 e. The van der Waals surface area contributed by atoms with Gasteiger partial charge in [0.2, 0.25) is 0 Å². The van der Waals surface area contributed by atoms with Gasteiger partial charge < -0.3 is 14.6 Å². The number of aryl methyl sites for hydroxylation is 1. The molecule has 1 N–H and O–H groups in total. The molecule has 2 atom stereocenters. The summed E-state index contributed by atoms with van der Waals surface area (Å²) < 4.78 is 2.80. The van der Waals surface area contributed by atoms with E-state index in [1.165, 1.54) is 0 Å². The number of carbonyl (C=O) groups excluding carboxylic acids is 1. The molecule has 0 aliphatic carbocycles. The van der Waals surface area contributed by atoms with Gasteiger partial charge in [-0.1, -0.05) is 6.92 Å². The minimum Gasteiger partial charge on any atom is -0.481 e. The number of hydrogen-bond acceptors (Lipinski definition) is 2. The topological polar surface area (TPSA) is 62.5 Å². The molecule has 1 aromatic rings. The maximum absolute atomic E-state index is 12.6. The number of aromatic nitrogens is 1. The van der Waals surface area contributed by atoms with Crippen molar-refractivity contribution in [1.82, 2.24) is 9.47 Å². The number of amides is 1. The highest BCUT2D eigenvalue weighted by Crippen LogP contribution is 2.27. The molecule has 1 aromatic heterocycles. The number of nitrogens with zero attached hydrogens (tertiary/aromatic N) is 2. The molecule has 6 heteroatoms. The fourth-order valence-electron chi connectivity index (χ4n) is 2.78. The van der Waals surface area contributed by atoms with Crippen LogP contribution in [0.4, 0.5) is 0 Å². The SMILES string of the molecule is CCCn1cc(Br)cc1C(=O)N1CCC(C(=O)O)C1C. The average Bonchev–Trinajstić information content (AvgIpc) is 2.92. The number of likely N-dealkylation sites (tertiary alicyclic amines) is 1. The standard InChI is InChI=1S/C14H19BrN2O3/c1-3-5-16-8-10(15)7-12(16)13(18)17-6-4-11(9(17)2)14(19)20/h7-9,11H,3-6H2,1-2H3,(H,19,20). The Bertz CT molecular complexity index is 526. The first-order chi connectivity index (χ1) is 9.45. The molecular weight excluding hydrogens is 324 g/mol. The van der Waals surface area contributed by atoms with E-state index in [1.807, 2.05) is 17.7 Å². The first-order valence-electron chi connectivity index (χ1n) is 6.85. The Morgan fingerprint density at radius 2 is 2.20 bits per heavy atom. The Labute approximate surface area is 126 Å². The predicted molar refractivity (Wildman–Crippen MR) is 78.7 cm³/mol. The van der Waals surface area contributed by atoms with Gasteiger partial charge in [-0.2, -0.15) is 0 Å². The molecule has 0 bridgehead atoms. The lowest BCUT2D eigenvalue weighted by molar-refractivity contribution is -0.142. The van der Waals surface area contributed by atoms with E-state index in [-0.39, 0.29) is 11.9 Å². The summed E-state index contributed by atoms with van der Waals surface area (Å²) in [6, 6.07) is 1.54. The summed E-state index contributed by atoms with van der Waals surface area (Å²) >= 11 is 3.39. The quantitative estimate of drug-likeness (QED) is 0.914. The van der Waals surface area contributed by atoms with Crippen molar-refractivity contribution in [2.45, 2.75) is 39.3 Å². The monoisotopic (exact) mass is 342 g/mol. The van der Waals surface area contributed by atoms with Crippen LogP contribution in [0.5, 0.6) is 0 Å². The van der Waals surface area contributed by atoms with Crippen molar-refractivity contribution in [3.63, 3.8) is 0 Å². The first kappa shape index (κ1) is 15.1. The van der Waals surface area contributed by atoms with Gasteiger partial charge in [-0.3, -0.25) is 9.59 Å². The van der Waals surface area contributed by atoms with Crippen LogP contribution in [0.3, 0.4) is 0 Å². The number of hydrogen-bond donors (Lipinski definition) is 1. The van der Waals surface area contributed by atoms with Crippen LogP contribution >= 0.6 is 15.9 Å². The molecule has 0 spiro atoms. The number of rotatable bonds is 4. The van der Waals surface area contributed by atoms with Crippen molar-refractivity contribution in [3.05, 3.63) is 22.4 Å². The minimum absolute atomic E-state index is 0.0830. The van der Waals surface area contributed by atoms with Gasteiger partial charge >= 0.3 is 5.97 Å². The third kappa shape index (κ3) is 2.75. The molecule has 1 amide bonds. The van der Waals surface area contributed by atoms with E-state index < -0.39 is 11.9 Å². The number of carboxylic acids is 1. The van der Waals surface area contributed by atoms with Crippen LogP contribution in [0.25, 0.3) is 0 Å². The highest BCUT2D eigenvalue weighted by atomic mass is 79.9. The molecule has 1 aliphatic rings. The van der Waals surface area contributed by atoms with Crippen LogP contribution in [0.1, 0.15) is 37.2 Å². The Kier molecular flexibility index (Phi) is 4.52. The fraction of sp³-hybridized carbons (Fsp3) is 0.571. The molecule has 1 fully saturated rings. The lowest BCUT2D eigenvalue weighted by Gasteiger charge is -2.23. The number of carbonyl (C=O) groups is 2. The predicted octanol–water partition coefficient (Wildman–Crippen LogP) is 2.60. The largest absolute Gasteiger partial charge is 0.481 e. The first-order valence-corrected chi connectivity index (χ1v) is 7.64. The van der Waals surface area contributed by atoms with E-state index in [9.17, 15) is 9.59 Å². The molecule has 2 rings (SSSR count). The van der Waals surface area contributed by atoms with Crippen LogP contribution in [0.2, 0.25) is 0 Å². The van der Waals surface area contributed by atoms with Crippen molar-refractivity contribution in [1.29, 1.82) is 0 Å². The number of aliphatic carboxylic acids is 1. The van der Waals surface area contributed by atoms with Gasteiger partial charge in [-0.25, -0.2) is 0 Å². The summed E-state index contributed by atoms with van der Waals surface area (Å²) in [5.74, 6) is -1.37. The van der Waals surface area contributed by atoms with E-state index >= 15 is 0 Å². The highest BCUT2D eigenvalue weighted by Gasteiger charge is 2.39. The van der Waals surface area contributed by atoms with E-state index in [0.29, 0.717) is 18.7 Å². The summed E-state index contributed by atoms with van der Waals surface area (Å²) in [4.78, 5) is 25.4. The van der Waals surface area contributed by atoms with Gasteiger partial charge in [0.05, 0.1) is 5.92 Å². The summed E-state index contributed by atoms with van der Waals surface area (Å²) in [5.41, 5.74) is 0.622. The number of halogens is 1. The molecule has 1 aliphatic heterocycles. The molecule has 110 valence electrons. The van der Waals surface area contributed by atoms with Gasteiger partial charge in [0, 0.05) is 29.8 Å². The molecule has 2 unspecified atom stereocenters. The highest BCUT2D eigenvalue weighted by molar-refractivity contribution is 9.10. The molecule has 0 aromatic carbocycles. The van der Waals surface area contributed by atoms with Crippen LogP contribution in [-0.2, 0) is 11.3 Å². The van der Waals surface area contributed by atoms with Crippen molar-refractivity contribution >= 4 is 27.8 Å². The van der Waals surface area contributed by atoms with Crippen LogP contribution in [0.15, 0.2) is 16.7 Å². The zero-order valence-corrected chi connectivity index (χ0v) is 13.3. The molecule has 20 heavy (non-hydrogen) atoms. The molecular formula is C14H19BrN2O3. The molecule has 1 saturated heterocycles. The summed E-state index contributed by atoms with van der Waals surface area (Å²) in [6.07, 6.45) is 3.36. The lowest BCUT2D eigenvalue weighted by atomic mass is 10.0. The van der Waals surface area contributed by atoms with E-state index in [0.717, 1.165) is 17.4 Å². The molecule has 0 saturated carbocycles. The lowest BCUT2D eigenvalue weighted by Crippen LogP contribution is -2.38. The van der Waals surface area contributed by atoms with Crippen molar-refractivity contribution < 1.29 is 14.7 Å². The normalized spacial score (nSPS) is 22.2. The van der Waals surface area contributed by atoms with Gasteiger partial charge in [0.25, 0.3) is 5.91 Å². The third-order valence-corrected chi connectivity index (χ3v) is 4.31. The van der Waals surface area contributed by atoms with E-state index in [1.54, 1.807) is 11.0 Å². The second-order valence-corrected chi connectivity index (χ2v) is 6.13. The zero-order valence-electron chi connectivity index (χ0n) is 11.7. The maximum atomic E-state index is 12.6. The summed E-state index contributed by atoms with van der Waals surface area (Å²) in [6.45, 7) is 5.15. The van der Waals surface area contributed by atoms with Gasteiger partial charge in [0.1, 0.15) is 5.69 Å². The van der Waals surface area contributed by atoms with Crippen molar-refractivity contribution in [3.8, 4) is 0 Å². The maximum Gasteiger partial charge on any atom is 0.308 e. The van der Waals surface area contributed by atoms with Gasteiger partial charge in [0.15, 0.2) is 0 Å². The Hall–Kier alpha value is -1.30. The summed E-state index contributed by atoms with van der Waals surface area (Å²) in [5, 5.41) is 9.15. The van der Waals surface area contributed by atoms with E-state index in [2.05, 4.69) is 22.9 Å². The van der Waals surface area contributed by atoms with Gasteiger partial charge in [-0.05, 0) is 41.8 Å². The third-order valence-electron chi connectivity index (χ3n) is 3.88. The van der Waals surface area contributed by atoms with Crippen LogP contribution in [-0.4, -0.2) is 39.0 Å². The second kappa shape index (κ2) is 5.99. The van der Waals surface area contributed by atoms with Crippen LogP contribution in [0, 0.1) is 5.92 Å². The van der Waals surface area contributed by atoms with Crippen molar-refractivity contribution in [2.24, 2.45) is 5.92 Å². The van der Waals surface area contributed by atoms with Gasteiger partial charge in [-0.15, -0.1) is 0 Å². The summed E-state index contributed by atoms with van der Waals surface area (Å²) in [7, 11) is 0. The number of carboxylic acid groups (broad SMARTS) is 1. The van der Waals surface area contributed by atoms with Crippen molar-refractivity contribution in [2.75, 3.05) is 6.54 Å².